The second-order valence-corrected chi connectivity index (χ2v) is 12.8. The highest BCUT2D eigenvalue weighted by Crippen LogP contribution is 2.39. The molecule has 2 atom stereocenters. The third kappa shape index (κ3) is 4.86. The van der Waals surface area contributed by atoms with Crippen LogP contribution >= 0.6 is 0 Å². The molecule has 0 bridgehead atoms. The SMILES string of the molecule is CS(=O)C[C@@H](O[Si](C)(C)C(C)(C)C)c1ccccc1. The first-order valence-electron chi connectivity index (χ1n) is 6.66. The van der Waals surface area contributed by atoms with Gasteiger partial charge >= 0.3 is 0 Å². The summed E-state index contributed by atoms with van der Waals surface area (Å²) < 4.78 is 18.1. The Hall–Kier alpha value is -0.453. The molecule has 19 heavy (non-hydrogen) atoms. The fraction of sp³-hybridized carbons (Fsp3) is 0.600. The van der Waals surface area contributed by atoms with E-state index >= 15 is 0 Å². The summed E-state index contributed by atoms with van der Waals surface area (Å²) in [6.45, 7) is 11.2. The van der Waals surface area contributed by atoms with Crippen LogP contribution in [0.5, 0.6) is 0 Å². The Morgan fingerprint density at radius 1 is 1.21 bits per heavy atom. The van der Waals surface area contributed by atoms with E-state index in [1.54, 1.807) is 6.26 Å². The predicted molar refractivity (Wildman–Crippen MR) is 86.4 cm³/mol. The van der Waals surface area contributed by atoms with Crippen LogP contribution in [0.3, 0.4) is 0 Å². The first-order chi connectivity index (χ1) is 8.63. The summed E-state index contributed by atoms with van der Waals surface area (Å²) in [5.74, 6) is 0.566. The van der Waals surface area contributed by atoms with E-state index in [9.17, 15) is 4.21 Å². The van der Waals surface area contributed by atoms with Crippen LogP contribution in [-0.4, -0.2) is 24.5 Å². The number of hydrogen-bond donors (Lipinski definition) is 0. The van der Waals surface area contributed by atoms with Crippen molar-refractivity contribution in [3.8, 4) is 0 Å². The van der Waals surface area contributed by atoms with Gasteiger partial charge in [0.15, 0.2) is 8.32 Å². The van der Waals surface area contributed by atoms with Crippen LogP contribution in [0.4, 0.5) is 0 Å². The molecule has 0 aliphatic heterocycles. The maximum absolute atomic E-state index is 11.6. The highest BCUT2D eigenvalue weighted by molar-refractivity contribution is 7.84. The Kier molecular flexibility index (Phi) is 5.53. The van der Waals surface area contributed by atoms with Gasteiger partial charge in [-0.05, 0) is 23.7 Å². The van der Waals surface area contributed by atoms with Gasteiger partial charge in [0.2, 0.25) is 0 Å². The van der Waals surface area contributed by atoms with Crippen molar-refractivity contribution in [1.82, 2.24) is 0 Å². The maximum Gasteiger partial charge on any atom is 0.192 e. The van der Waals surface area contributed by atoms with E-state index in [1.165, 1.54) is 0 Å². The molecule has 0 heterocycles. The van der Waals surface area contributed by atoms with Gasteiger partial charge in [-0.15, -0.1) is 0 Å². The Balaban J connectivity index is 2.97. The van der Waals surface area contributed by atoms with Crippen molar-refractivity contribution in [2.75, 3.05) is 12.0 Å². The van der Waals surface area contributed by atoms with E-state index in [0.717, 1.165) is 5.56 Å². The van der Waals surface area contributed by atoms with Crippen molar-refractivity contribution in [2.24, 2.45) is 0 Å². The van der Waals surface area contributed by atoms with Crippen molar-refractivity contribution in [1.29, 1.82) is 0 Å². The zero-order valence-corrected chi connectivity index (χ0v) is 14.7. The minimum atomic E-state index is -1.85. The van der Waals surface area contributed by atoms with Crippen molar-refractivity contribution < 1.29 is 8.63 Å². The molecule has 0 aliphatic carbocycles. The molecule has 0 amide bonds. The first kappa shape index (κ1) is 16.6. The van der Waals surface area contributed by atoms with Crippen LogP contribution in [0, 0.1) is 0 Å². The summed E-state index contributed by atoms with van der Waals surface area (Å²) in [5, 5.41) is 0.162. The van der Waals surface area contributed by atoms with Crippen molar-refractivity contribution >= 4 is 19.1 Å². The van der Waals surface area contributed by atoms with Gasteiger partial charge in [0, 0.05) is 17.1 Å². The van der Waals surface area contributed by atoms with Crippen molar-refractivity contribution in [3.05, 3.63) is 35.9 Å². The average molecular weight is 299 g/mol. The van der Waals surface area contributed by atoms with E-state index in [1.807, 2.05) is 18.2 Å². The summed E-state index contributed by atoms with van der Waals surface area (Å²) in [6.07, 6.45) is 1.68. The smallest absolute Gasteiger partial charge is 0.192 e. The summed E-state index contributed by atoms with van der Waals surface area (Å²) in [5.41, 5.74) is 1.13. The molecule has 0 N–H and O–H groups in total. The van der Waals surface area contributed by atoms with Gasteiger partial charge < -0.3 is 4.43 Å². The van der Waals surface area contributed by atoms with Gasteiger partial charge in [0.05, 0.1) is 11.9 Å². The van der Waals surface area contributed by atoms with Crippen molar-refractivity contribution in [2.45, 2.75) is 45.0 Å². The Bertz CT molecular complexity index is 424. The average Bonchev–Trinajstić information content (AvgIpc) is 2.27. The van der Waals surface area contributed by atoms with Gasteiger partial charge in [-0.3, -0.25) is 4.21 Å². The number of benzene rings is 1. The van der Waals surface area contributed by atoms with Crippen LogP contribution < -0.4 is 0 Å². The molecule has 0 saturated heterocycles. The summed E-state index contributed by atoms with van der Waals surface area (Å²) in [6, 6.07) is 10.1. The van der Waals surface area contributed by atoms with E-state index in [2.05, 4.69) is 46.0 Å². The first-order valence-corrected chi connectivity index (χ1v) is 11.3. The Labute approximate surface area is 121 Å². The normalized spacial score (nSPS) is 16.1. The molecule has 0 radical (unpaired) electrons. The third-order valence-electron chi connectivity index (χ3n) is 3.80. The molecule has 108 valence electrons. The summed E-state index contributed by atoms with van der Waals surface area (Å²) in [4.78, 5) is 0. The number of hydrogen-bond acceptors (Lipinski definition) is 2. The molecular formula is C15H26O2SSi. The zero-order chi connectivity index (χ0) is 14.7. The molecule has 1 aromatic carbocycles. The lowest BCUT2D eigenvalue weighted by molar-refractivity contribution is 0.206. The quantitative estimate of drug-likeness (QED) is 0.764. The molecule has 0 spiro atoms. The van der Waals surface area contributed by atoms with E-state index < -0.39 is 19.1 Å². The van der Waals surface area contributed by atoms with Crippen LogP contribution in [-0.2, 0) is 15.2 Å². The van der Waals surface area contributed by atoms with Gasteiger partial charge in [-0.1, -0.05) is 51.1 Å². The monoisotopic (exact) mass is 298 g/mol. The van der Waals surface area contributed by atoms with Crippen LogP contribution in [0.1, 0.15) is 32.4 Å². The molecule has 0 fully saturated rings. The van der Waals surface area contributed by atoms with E-state index in [0.29, 0.717) is 5.75 Å². The highest BCUT2D eigenvalue weighted by Gasteiger charge is 2.39. The largest absolute Gasteiger partial charge is 0.409 e. The minimum absolute atomic E-state index is 0.0621. The van der Waals surface area contributed by atoms with E-state index in [4.69, 9.17) is 4.43 Å². The summed E-state index contributed by atoms with van der Waals surface area (Å²) in [7, 11) is -2.71. The second kappa shape index (κ2) is 6.33. The Morgan fingerprint density at radius 3 is 2.16 bits per heavy atom. The lowest BCUT2D eigenvalue weighted by Gasteiger charge is -2.39. The molecule has 0 aromatic heterocycles. The minimum Gasteiger partial charge on any atom is -0.409 e. The molecule has 1 rings (SSSR count). The lowest BCUT2D eigenvalue weighted by Crippen LogP contribution is -2.42. The number of rotatable bonds is 5. The van der Waals surface area contributed by atoms with Crippen LogP contribution in [0.25, 0.3) is 0 Å². The predicted octanol–water partition coefficient (Wildman–Crippen LogP) is 4.13. The molecule has 1 unspecified atom stereocenters. The molecule has 0 saturated carbocycles. The van der Waals surface area contributed by atoms with Crippen LogP contribution in [0.15, 0.2) is 30.3 Å². The summed E-state index contributed by atoms with van der Waals surface area (Å²) >= 11 is 0. The topological polar surface area (TPSA) is 26.3 Å². The molecule has 4 heteroatoms. The van der Waals surface area contributed by atoms with Gasteiger partial charge in [-0.2, -0.15) is 0 Å². The Morgan fingerprint density at radius 2 is 1.74 bits per heavy atom. The van der Waals surface area contributed by atoms with E-state index in [-0.39, 0.29) is 11.1 Å². The van der Waals surface area contributed by atoms with Gasteiger partial charge in [0.1, 0.15) is 0 Å². The standard InChI is InChI=1S/C15H26O2SSi/c1-15(2,3)19(5,6)17-14(12-18(4)16)13-10-8-7-9-11-13/h7-11,14H,12H2,1-6H3/t14-,18?/m1/s1. The molecule has 2 nitrogen and oxygen atoms in total. The van der Waals surface area contributed by atoms with Gasteiger partial charge in [0.25, 0.3) is 0 Å². The molecule has 0 aliphatic rings. The van der Waals surface area contributed by atoms with Crippen molar-refractivity contribution in [3.63, 3.8) is 0 Å². The fourth-order valence-corrected chi connectivity index (χ4v) is 3.70. The lowest BCUT2D eigenvalue weighted by atomic mass is 10.1. The maximum atomic E-state index is 11.6. The van der Waals surface area contributed by atoms with Gasteiger partial charge in [-0.25, -0.2) is 0 Å². The molecular weight excluding hydrogens is 272 g/mol. The fourth-order valence-electron chi connectivity index (χ4n) is 1.61. The second-order valence-electron chi connectivity index (χ2n) is 6.52. The third-order valence-corrected chi connectivity index (χ3v) is 9.06. The zero-order valence-electron chi connectivity index (χ0n) is 12.9. The highest BCUT2D eigenvalue weighted by atomic mass is 32.2. The molecule has 1 aromatic rings. The van der Waals surface area contributed by atoms with Crippen LogP contribution in [0.2, 0.25) is 18.1 Å².